The lowest BCUT2D eigenvalue weighted by molar-refractivity contribution is -0.135. The fourth-order valence-electron chi connectivity index (χ4n) is 0.863. The van der Waals surface area contributed by atoms with Crippen LogP contribution in [0.2, 0.25) is 0 Å². The van der Waals surface area contributed by atoms with Gasteiger partial charge in [0.2, 0.25) is 11.8 Å². The minimum absolute atomic E-state index is 0.104. The van der Waals surface area contributed by atoms with E-state index in [1.165, 1.54) is 4.90 Å². The van der Waals surface area contributed by atoms with Crippen LogP contribution >= 0.6 is 0 Å². The van der Waals surface area contributed by atoms with Crippen molar-refractivity contribution in [1.82, 2.24) is 4.90 Å². The number of nitrogens with zero attached hydrogens (tertiary/aromatic N) is 1. The summed E-state index contributed by atoms with van der Waals surface area (Å²) in [4.78, 5) is 22.7. The van der Waals surface area contributed by atoms with Crippen LogP contribution in [0.1, 0.15) is 6.42 Å². The maximum absolute atomic E-state index is 11.1. The SMILES string of the molecule is NC(=O)CC(=O)N(CCO)CCO. The Morgan fingerprint density at radius 2 is 1.62 bits per heavy atom. The molecule has 0 aromatic carbocycles. The average molecular weight is 190 g/mol. The third-order valence-electron chi connectivity index (χ3n) is 1.42. The molecule has 0 aliphatic heterocycles. The highest BCUT2D eigenvalue weighted by molar-refractivity contribution is 5.96. The Morgan fingerprint density at radius 1 is 1.15 bits per heavy atom. The number of carbonyl (C=O) groups is 2. The van der Waals surface area contributed by atoms with Crippen molar-refractivity contribution in [2.24, 2.45) is 5.73 Å². The van der Waals surface area contributed by atoms with Crippen molar-refractivity contribution < 1.29 is 19.8 Å². The summed E-state index contributed by atoms with van der Waals surface area (Å²) >= 11 is 0. The van der Waals surface area contributed by atoms with E-state index < -0.39 is 11.8 Å². The number of nitrogens with two attached hydrogens (primary N) is 1. The van der Waals surface area contributed by atoms with Crippen molar-refractivity contribution in [3.8, 4) is 0 Å². The van der Waals surface area contributed by atoms with Gasteiger partial charge in [-0.2, -0.15) is 0 Å². The first-order valence-corrected chi connectivity index (χ1v) is 3.89. The third kappa shape index (κ3) is 5.15. The highest BCUT2D eigenvalue weighted by Crippen LogP contribution is 1.92. The largest absolute Gasteiger partial charge is 0.395 e. The number of hydrogen-bond donors (Lipinski definition) is 3. The molecule has 0 atom stereocenters. The van der Waals surface area contributed by atoms with E-state index in [0.29, 0.717) is 0 Å². The summed E-state index contributed by atoms with van der Waals surface area (Å²) < 4.78 is 0. The first kappa shape index (κ1) is 11.9. The van der Waals surface area contributed by atoms with Gasteiger partial charge in [-0.25, -0.2) is 0 Å². The lowest BCUT2D eigenvalue weighted by Gasteiger charge is -2.19. The second-order valence-corrected chi connectivity index (χ2v) is 2.47. The quantitative estimate of drug-likeness (QED) is 0.409. The van der Waals surface area contributed by atoms with Gasteiger partial charge < -0.3 is 20.8 Å². The second kappa shape index (κ2) is 6.38. The summed E-state index contributed by atoms with van der Waals surface area (Å²) in [6.07, 6.45) is -0.389. The molecule has 0 saturated heterocycles. The lowest BCUT2D eigenvalue weighted by atomic mass is 10.3. The normalized spacial score (nSPS) is 9.69. The maximum atomic E-state index is 11.1. The molecule has 0 heterocycles. The molecule has 0 saturated carbocycles. The van der Waals surface area contributed by atoms with Crippen molar-refractivity contribution in [3.63, 3.8) is 0 Å². The summed E-state index contributed by atoms with van der Waals surface area (Å²) in [5.41, 5.74) is 4.81. The smallest absolute Gasteiger partial charge is 0.232 e. The van der Waals surface area contributed by atoms with Crippen LogP contribution in [-0.2, 0) is 9.59 Å². The van der Waals surface area contributed by atoms with E-state index in [1.807, 2.05) is 0 Å². The van der Waals surface area contributed by atoms with Crippen LogP contribution in [0.4, 0.5) is 0 Å². The van der Waals surface area contributed by atoms with E-state index in [2.05, 4.69) is 0 Å². The predicted molar refractivity (Wildman–Crippen MR) is 44.6 cm³/mol. The maximum Gasteiger partial charge on any atom is 0.232 e. The highest BCUT2D eigenvalue weighted by atomic mass is 16.3. The third-order valence-corrected chi connectivity index (χ3v) is 1.42. The molecule has 2 amide bonds. The number of aliphatic hydroxyl groups excluding tert-OH is 2. The second-order valence-electron chi connectivity index (χ2n) is 2.47. The monoisotopic (exact) mass is 190 g/mol. The van der Waals surface area contributed by atoms with Crippen LogP contribution in [0.3, 0.4) is 0 Å². The predicted octanol–water partition coefficient (Wildman–Crippen LogP) is -2.32. The molecule has 4 N–H and O–H groups in total. The van der Waals surface area contributed by atoms with Crippen molar-refractivity contribution in [3.05, 3.63) is 0 Å². The number of amides is 2. The molecule has 0 fully saturated rings. The van der Waals surface area contributed by atoms with Crippen LogP contribution < -0.4 is 5.73 Å². The molecule has 0 aliphatic rings. The first-order chi connectivity index (χ1) is 6.11. The van der Waals surface area contributed by atoms with Crippen LogP contribution in [0.25, 0.3) is 0 Å². The molecule has 76 valence electrons. The van der Waals surface area contributed by atoms with Gasteiger partial charge in [-0.1, -0.05) is 0 Å². The van der Waals surface area contributed by atoms with E-state index in [-0.39, 0.29) is 32.7 Å². The number of carbonyl (C=O) groups excluding carboxylic acids is 2. The molecular formula is C7H14N2O4. The topological polar surface area (TPSA) is 104 Å². The molecule has 6 heteroatoms. The Bertz CT molecular complexity index is 177. The highest BCUT2D eigenvalue weighted by Gasteiger charge is 2.14. The van der Waals surface area contributed by atoms with E-state index in [0.717, 1.165) is 0 Å². The van der Waals surface area contributed by atoms with Crippen LogP contribution in [0.5, 0.6) is 0 Å². The van der Waals surface area contributed by atoms with Gasteiger partial charge >= 0.3 is 0 Å². The fourth-order valence-corrected chi connectivity index (χ4v) is 0.863. The Hall–Kier alpha value is -1.14. The van der Waals surface area contributed by atoms with Gasteiger partial charge in [0.1, 0.15) is 6.42 Å². The van der Waals surface area contributed by atoms with Crippen LogP contribution in [0, 0.1) is 0 Å². The number of rotatable bonds is 6. The molecule has 0 spiro atoms. The standard InChI is InChI=1S/C7H14N2O4/c8-6(12)5-7(13)9(1-3-10)2-4-11/h10-11H,1-5H2,(H2,8,12). The number of aliphatic hydroxyl groups is 2. The zero-order valence-electron chi connectivity index (χ0n) is 7.27. The van der Waals surface area contributed by atoms with Crippen molar-refractivity contribution in [2.45, 2.75) is 6.42 Å². The average Bonchev–Trinajstić information content (AvgIpc) is 2.02. The van der Waals surface area contributed by atoms with Crippen LogP contribution in [-0.4, -0.2) is 53.2 Å². The number of primary amides is 1. The Kier molecular flexibility index (Phi) is 5.82. The zero-order valence-corrected chi connectivity index (χ0v) is 7.27. The van der Waals surface area contributed by atoms with Crippen molar-refractivity contribution in [1.29, 1.82) is 0 Å². The molecule has 0 bridgehead atoms. The summed E-state index contributed by atoms with van der Waals surface area (Å²) in [5, 5.41) is 17.1. The van der Waals surface area contributed by atoms with Gasteiger partial charge in [0.15, 0.2) is 0 Å². The van der Waals surface area contributed by atoms with Crippen LogP contribution in [0.15, 0.2) is 0 Å². The molecular weight excluding hydrogens is 176 g/mol. The van der Waals surface area contributed by atoms with Gasteiger partial charge in [-0.15, -0.1) is 0 Å². The minimum Gasteiger partial charge on any atom is -0.395 e. The van der Waals surface area contributed by atoms with E-state index >= 15 is 0 Å². The fraction of sp³-hybridized carbons (Fsp3) is 0.714. The Labute approximate surface area is 75.9 Å². The lowest BCUT2D eigenvalue weighted by Crippen LogP contribution is -2.37. The molecule has 0 aliphatic carbocycles. The molecule has 6 nitrogen and oxygen atoms in total. The summed E-state index contributed by atoms with van der Waals surface area (Å²) in [6.45, 7) is -0.200. The zero-order chi connectivity index (χ0) is 10.3. The van der Waals surface area contributed by atoms with Gasteiger partial charge in [-0.3, -0.25) is 9.59 Å². The first-order valence-electron chi connectivity index (χ1n) is 3.89. The van der Waals surface area contributed by atoms with Gasteiger partial charge in [-0.05, 0) is 0 Å². The van der Waals surface area contributed by atoms with Gasteiger partial charge in [0.25, 0.3) is 0 Å². The number of hydrogen-bond acceptors (Lipinski definition) is 4. The van der Waals surface area contributed by atoms with Crippen molar-refractivity contribution in [2.75, 3.05) is 26.3 Å². The van der Waals surface area contributed by atoms with Crippen molar-refractivity contribution >= 4 is 11.8 Å². The minimum atomic E-state index is -0.717. The summed E-state index contributed by atoms with van der Waals surface area (Å²) in [5.74, 6) is -1.19. The van der Waals surface area contributed by atoms with Gasteiger partial charge in [0.05, 0.1) is 13.2 Å². The summed E-state index contributed by atoms with van der Waals surface area (Å²) in [6, 6.07) is 0. The molecule has 0 unspecified atom stereocenters. The Morgan fingerprint density at radius 3 is 1.92 bits per heavy atom. The molecule has 13 heavy (non-hydrogen) atoms. The summed E-state index contributed by atoms with van der Waals surface area (Å²) in [7, 11) is 0. The van der Waals surface area contributed by atoms with E-state index in [4.69, 9.17) is 15.9 Å². The Balaban J connectivity index is 4.02. The van der Waals surface area contributed by atoms with Gasteiger partial charge in [0, 0.05) is 13.1 Å². The molecule has 0 radical (unpaired) electrons. The molecule has 0 aromatic rings. The molecule has 0 rings (SSSR count). The van der Waals surface area contributed by atoms with E-state index in [9.17, 15) is 9.59 Å². The van der Waals surface area contributed by atoms with E-state index in [1.54, 1.807) is 0 Å². The molecule has 0 aromatic heterocycles.